The minimum atomic E-state index is -5.06. The third-order valence-corrected chi connectivity index (χ3v) is 8.01. The molecule has 1 aliphatic carbocycles. The second-order valence-electron chi connectivity index (χ2n) is 8.05. The molecule has 0 spiro atoms. The number of rotatable bonds is 4. The first-order valence-electron chi connectivity index (χ1n) is 10.5. The van der Waals surface area contributed by atoms with Crippen LogP contribution in [0.1, 0.15) is 18.4 Å². The van der Waals surface area contributed by atoms with Crippen molar-refractivity contribution in [3.05, 3.63) is 59.7 Å². The Morgan fingerprint density at radius 1 is 1.00 bits per heavy atom. The molecule has 2 aromatic carbocycles. The van der Waals surface area contributed by atoms with Gasteiger partial charge in [0.2, 0.25) is 0 Å². The smallest absolute Gasteiger partial charge is 0.452 e. The highest BCUT2D eigenvalue weighted by Crippen LogP contribution is 2.29. The first kappa shape index (κ1) is 26.9. The second-order valence-corrected chi connectivity index (χ2v) is 11.2. The third kappa shape index (κ3) is 6.90. The average Bonchev–Trinajstić information content (AvgIpc) is 2.76. The number of allylic oxidation sites excluding steroid dienone is 2. The highest BCUT2D eigenvalue weighted by Gasteiger charge is 2.35. The summed E-state index contributed by atoms with van der Waals surface area (Å²) in [6.07, 6.45) is 0.458. The molecule has 0 fully saturated rings. The van der Waals surface area contributed by atoms with Crippen LogP contribution in [0.3, 0.4) is 0 Å². The van der Waals surface area contributed by atoms with Gasteiger partial charge in [0, 0.05) is 17.3 Å². The summed E-state index contributed by atoms with van der Waals surface area (Å²) in [7, 11) is -10.1. The van der Waals surface area contributed by atoms with E-state index in [1.165, 1.54) is 6.08 Å². The van der Waals surface area contributed by atoms with Crippen LogP contribution in [0.15, 0.2) is 54.1 Å². The average molecular weight is 534 g/mol. The molecule has 14 heteroatoms. The quantitative estimate of drug-likeness (QED) is 0.0727. The lowest BCUT2D eigenvalue weighted by atomic mass is 9.96. The molecule has 2 atom stereocenters. The summed E-state index contributed by atoms with van der Waals surface area (Å²) < 4.78 is 69.4. The van der Waals surface area contributed by atoms with Gasteiger partial charge >= 0.3 is 11.9 Å². The predicted octanol–water partition coefficient (Wildman–Crippen LogP) is -4.50. The number of quaternary nitrogens is 1. The van der Waals surface area contributed by atoms with E-state index >= 15 is 0 Å². The van der Waals surface area contributed by atoms with Crippen molar-refractivity contribution in [2.75, 3.05) is 5.73 Å². The number of hydrogen-bond donors (Lipinski definition) is 6. The van der Waals surface area contributed by atoms with E-state index in [-0.39, 0.29) is 11.5 Å². The van der Waals surface area contributed by atoms with Crippen LogP contribution in [0.25, 0.3) is 11.1 Å². The molecule has 0 amide bonds. The van der Waals surface area contributed by atoms with Crippen LogP contribution in [0.2, 0.25) is 0 Å². The fraction of sp³-hybridized carbons (Fsp3) is 0.182. The zero-order valence-electron chi connectivity index (χ0n) is 18.9. The Labute approximate surface area is 208 Å². The van der Waals surface area contributed by atoms with Gasteiger partial charge in [0.1, 0.15) is 5.69 Å². The van der Waals surface area contributed by atoms with Crippen molar-refractivity contribution in [1.82, 2.24) is 0 Å². The van der Waals surface area contributed by atoms with E-state index in [0.717, 1.165) is 5.56 Å². The van der Waals surface area contributed by atoms with E-state index in [4.69, 9.17) is 17.2 Å². The summed E-state index contributed by atoms with van der Waals surface area (Å²) >= 11 is 0. The molecule has 0 unspecified atom stereocenters. The zero-order chi connectivity index (χ0) is 26.7. The molecular weight excluding hydrogens is 508 g/mol. The number of nitrogens with two attached hydrogens (primary N) is 3. The number of nitrogens with one attached hydrogen (secondary N) is 2. The minimum Gasteiger partial charge on any atom is -0.748 e. The normalized spacial score (nSPS) is 18.5. The number of guanidine groups is 2. The number of hydrogen-bond acceptors (Lipinski definition) is 7. The van der Waals surface area contributed by atoms with Crippen LogP contribution in [0.4, 0.5) is 11.4 Å². The highest BCUT2D eigenvalue weighted by atomic mass is 32.2. The monoisotopic (exact) mass is 533 g/mol. The molecule has 0 aromatic heterocycles. The molecule has 2 aromatic rings. The van der Waals surface area contributed by atoms with Gasteiger partial charge in [-0.3, -0.25) is 17.2 Å². The number of nitrogen functional groups attached to an aromatic ring is 1. The van der Waals surface area contributed by atoms with Crippen molar-refractivity contribution in [1.29, 1.82) is 0 Å². The van der Waals surface area contributed by atoms with Gasteiger partial charge in [0.15, 0.2) is 0 Å². The fourth-order valence-electron chi connectivity index (χ4n) is 3.75. The highest BCUT2D eigenvalue weighted by molar-refractivity contribution is 7.90. The SMILES string of the molecule is NC(N)=[NH+]C([NH3+])=[NH+]c1ccc(-c2cccc(N)c2)c(C#CC2=CC[C@H](S(=O)(=O)[O-])[C@H](S(=O)(=O)[O-])C2)c1. The maximum Gasteiger partial charge on any atom is 0.452 e. The standard InChI is InChI=1S/C22H24N6O6S2/c23-16-3-1-2-14(11-16)18-8-7-17(27-22(26)28-21(24)25)12-15(18)6-4-13-5-9-19(35(29,30)31)20(10-13)36(32,33)34/h1-3,5,7-8,11-12,19-20H,9-10,23H2,(H,29,30,31)(H,32,33,34)(H6,24,25,26,27,28)/p+1/t19-,20+/m0/s1. The van der Waals surface area contributed by atoms with Gasteiger partial charge in [-0.2, -0.15) is 4.99 Å². The summed E-state index contributed by atoms with van der Waals surface area (Å²) in [5.74, 6) is 6.01. The third-order valence-electron chi connectivity index (χ3n) is 5.34. The van der Waals surface area contributed by atoms with E-state index in [9.17, 15) is 25.9 Å². The van der Waals surface area contributed by atoms with Gasteiger partial charge in [0.05, 0.1) is 30.7 Å². The number of benzene rings is 2. The maximum absolute atomic E-state index is 11.7. The summed E-state index contributed by atoms with van der Waals surface area (Å²) in [4.78, 5) is 5.60. The van der Waals surface area contributed by atoms with Gasteiger partial charge in [-0.05, 0) is 53.8 Å². The maximum atomic E-state index is 11.7. The van der Waals surface area contributed by atoms with Crippen molar-refractivity contribution in [3.63, 3.8) is 0 Å². The molecule has 0 radical (unpaired) electrons. The van der Waals surface area contributed by atoms with Crippen LogP contribution in [0, 0.1) is 11.8 Å². The van der Waals surface area contributed by atoms with E-state index in [0.29, 0.717) is 28.5 Å². The van der Waals surface area contributed by atoms with Crippen LogP contribution in [0.5, 0.6) is 0 Å². The second kappa shape index (κ2) is 10.5. The van der Waals surface area contributed by atoms with Crippen molar-refractivity contribution in [3.8, 4) is 23.0 Å². The first-order valence-corrected chi connectivity index (χ1v) is 13.4. The topological polar surface area (TPSA) is 248 Å². The Morgan fingerprint density at radius 2 is 1.69 bits per heavy atom. The number of anilines is 1. The molecule has 0 saturated heterocycles. The molecule has 0 aliphatic heterocycles. The van der Waals surface area contributed by atoms with Crippen molar-refractivity contribution >= 4 is 43.5 Å². The molecule has 0 bridgehead atoms. The summed E-state index contributed by atoms with van der Waals surface area (Å²) in [5, 5.41) is -3.77. The van der Waals surface area contributed by atoms with Crippen LogP contribution in [-0.4, -0.2) is 48.4 Å². The van der Waals surface area contributed by atoms with E-state index in [2.05, 4.69) is 27.6 Å². The van der Waals surface area contributed by atoms with E-state index in [1.54, 1.807) is 36.4 Å². The lowest BCUT2D eigenvalue weighted by molar-refractivity contribution is -0.554. The zero-order valence-corrected chi connectivity index (χ0v) is 20.5. The van der Waals surface area contributed by atoms with Crippen LogP contribution >= 0.6 is 0 Å². The summed E-state index contributed by atoms with van der Waals surface area (Å²) in [6, 6.07) is 12.3. The molecule has 190 valence electrons. The van der Waals surface area contributed by atoms with E-state index < -0.39 is 43.6 Å². The Kier molecular flexibility index (Phi) is 7.82. The minimum absolute atomic E-state index is 0.0607. The molecule has 0 heterocycles. The Morgan fingerprint density at radius 3 is 2.31 bits per heavy atom. The molecule has 3 rings (SSSR count). The van der Waals surface area contributed by atoms with Gasteiger partial charge in [-0.1, -0.05) is 30.0 Å². The lowest BCUT2D eigenvalue weighted by Crippen LogP contribution is -3.05. The Balaban J connectivity index is 2.09. The van der Waals surface area contributed by atoms with Gasteiger partial charge in [-0.25, -0.2) is 16.8 Å². The molecule has 11 N–H and O–H groups in total. The van der Waals surface area contributed by atoms with E-state index in [1.807, 2.05) is 6.07 Å². The molecular formula is C22H25N6O6S2+. The first-order chi connectivity index (χ1) is 16.7. The van der Waals surface area contributed by atoms with Crippen molar-refractivity contribution < 1.29 is 41.7 Å². The predicted molar refractivity (Wildman–Crippen MR) is 130 cm³/mol. The molecule has 0 saturated carbocycles. The van der Waals surface area contributed by atoms with Gasteiger partial charge < -0.3 is 14.8 Å². The lowest BCUT2D eigenvalue weighted by Gasteiger charge is -2.33. The molecule has 12 nitrogen and oxygen atoms in total. The fourth-order valence-corrected chi connectivity index (χ4v) is 6.23. The van der Waals surface area contributed by atoms with Crippen LogP contribution < -0.4 is 32.9 Å². The van der Waals surface area contributed by atoms with Crippen molar-refractivity contribution in [2.45, 2.75) is 23.3 Å². The van der Waals surface area contributed by atoms with Gasteiger partial charge in [0.25, 0.3) is 0 Å². The summed E-state index contributed by atoms with van der Waals surface area (Å²) in [6.45, 7) is 0. The Hall–Kier alpha value is -3.74. The van der Waals surface area contributed by atoms with Crippen LogP contribution in [-0.2, 0) is 20.2 Å². The molecule has 1 aliphatic rings. The summed E-state index contributed by atoms with van der Waals surface area (Å²) in [5.41, 5.74) is 23.8. The largest absolute Gasteiger partial charge is 0.748 e. The Bertz CT molecular complexity index is 1550. The molecule has 36 heavy (non-hydrogen) atoms. The van der Waals surface area contributed by atoms with Gasteiger partial charge in [-0.15, -0.1) is 4.99 Å². The van der Waals surface area contributed by atoms with Crippen molar-refractivity contribution in [2.24, 2.45) is 11.5 Å².